The van der Waals surface area contributed by atoms with Gasteiger partial charge in [0.15, 0.2) is 0 Å². The molecule has 0 aromatic heterocycles. The normalized spacial score (nSPS) is 28.6. The third kappa shape index (κ3) is 4.42. The maximum absolute atomic E-state index is 13.2. The molecule has 1 saturated carbocycles. The van der Waals surface area contributed by atoms with Crippen LogP contribution in [0.1, 0.15) is 56.4 Å². The summed E-state index contributed by atoms with van der Waals surface area (Å²) in [7, 11) is -3.54. The molecule has 7 heteroatoms. The predicted octanol–water partition coefficient (Wildman–Crippen LogP) is 3.16. The number of carbonyl (C=O) groups is 1. The Balaban J connectivity index is 1.41. The average Bonchev–Trinajstić information content (AvgIpc) is 3.15. The largest absolute Gasteiger partial charge is 0.354 e. The van der Waals surface area contributed by atoms with Crippen LogP contribution in [0, 0.1) is 5.92 Å². The first-order valence-corrected chi connectivity index (χ1v) is 12.1. The molecule has 6 nitrogen and oxygen atoms in total. The number of ether oxygens (including phenoxy) is 1. The van der Waals surface area contributed by atoms with Crippen LogP contribution in [0.15, 0.2) is 41.8 Å². The van der Waals surface area contributed by atoms with E-state index in [1.54, 1.807) is 12.1 Å². The smallest absolute Gasteiger partial charge is 0.245 e. The molecule has 3 atom stereocenters. The standard InChI is InChI=1S/C22H30N2O4S/c1-2-21(25)23-22-14-18-12-13-24(15-20(18)28-22)29(26,27)19-10-8-17(9-11-19)16-6-4-3-5-7-16/h2,8-11,16,18,20,22H,1,3-7,12-15H2,(H,23,25). The van der Waals surface area contributed by atoms with Crippen molar-refractivity contribution in [2.45, 2.75) is 68.1 Å². The molecule has 3 fully saturated rings. The van der Waals surface area contributed by atoms with Gasteiger partial charge in [-0.1, -0.05) is 38.0 Å². The third-order valence-electron chi connectivity index (χ3n) is 6.60. The van der Waals surface area contributed by atoms with E-state index in [9.17, 15) is 13.2 Å². The Morgan fingerprint density at radius 3 is 2.55 bits per heavy atom. The number of nitrogens with one attached hydrogen (secondary N) is 1. The van der Waals surface area contributed by atoms with Crippen LogP contribution in [0.3, 0.4) is 0 Å². The molecule has 2 heterocycles. The Labute approximate surface area is 173 Å². The van der Waals surface area contributed by atoms with Crippen LogP contribution in [0.2, 0.25) is 0 Å². The zero-order valence-electron chi connectivity index (χ0n) is 16.8. The van der Waals surface area contributed by atoms with Crippen LogP contribution in [-0.4, -0.2) is 44.1 Å². The monoisotopic (exact) mass is 418 g/mol. The van der Waals surface area contributed by atoms with E-state index < -0.39 is 10.0 Å². The van der Waals surface area contributed by atoms with E-state index in [4.69, 9.17) is 4.74 Å². The van der Waals surface area contributed by atoms with E-state index >= 15 is 0 Å². The summed E-state index contributed by atoms with van der Waals surface area (Å²) >= 11 is 0. The van der Waals surface area contributed by atoms with E-state index in [1.807, 2.05) is 12.1 Å². The van der Waals surface area contributed by atoms with Gasteiger partial charge in [-0.25, -0.2) is 8.42 Å². The van der Waals surface area contributed by atoms with E-state index in [1.165, 1.54) is 48.0 Å². The molecule has 2 aliphatic heterocycles. The molecular weight excluding hydrogens is 388 g/mol. The van der Waals surface area contributed by atoms with Gasteiger partial charge >= 0.3 is 0 Å². The maximum Gasteiger partial charge on any atom is 0.245 e. The van der Waals surface area contributed by atoms with Crippen LogP contribution in [0.5, 0.6) is 0 Å². The number of benzene rings is 1. The third-order valence-corrected chi connectivity index (χ3v) is 8.48. The van der Waals surface area contributed by atoms with Gasteiger partial charge in [-0.15, -0.1) is 0 Å². The molecule has 1 aliphatic carbocycles. The SMILES string of the molecule is C=CC(=O)NC1CC2CCN(S(=O)(=O)c3ccc(C4CCCCC4)cc3)CC2O1. The molecule has 158 valence electrons. The summed E-state index contributed by atoms with van der Waals surface area (Å²) in [5, 5.41) is 2.76. The number of hydrogen-bond acceptors (Lipinski definition) is 4. The van der Waals surface area contributed by atoms with Gasteiger partial charge in [0, 0.05) is 13.1 Å². The number of hydrogen-bond donors (Lipinski definition) is 1. The van der Waals surface area contributed by atoms with Crippen molar-refractivity contribution in [1.29, 1.82) is 0 Å². The molecule has 3 aliphatic rings. The van der Waals surface area contributed by atoms with Crippen molar-refractivity contribution in [1.82, 2.24) is 9.62 Å². The molecule has 0 radical (unpaired) electrons. The van der Waals surface area contributed by atoms with Gasteiger partial charge in [-0.2, -0.15) is 4.31 Å². The Morgan fingerprint density at radius 2 is 1.86 bits per heavy atom. The van der Waals surface area contributed by atoms with Crippen LogP contribution in [0.4, 0.5) is 0 Å². The van der Waals surface area contributed by atoms with Crippen molar-refractivity contribution >= 4 is 15.9 Å². The summed E-state index contributed by atoms with van der Waals surface area (Å²) < 4.78 is 33.8. The van der Waals surface area contributed by atoms with Gasteiger partial charge < -0.3 is 10.1 Å². The van der Waals surface area contributed by atoms with Crippen molar-refractivity contribution in [2.24, 2.45) is 5.92 Å². The number of carbonyl (C=O) groups excluding carboxylic acids is 1. The van der Waals surface area contributed by atoms with Gasteiger partial charge in [-0.05, 0) is 61.3 Å². The van der Waals surface area contributed by atoms with E-state index in [-0.39, 0.29) is 24.2 Å². The summed E-state index contributed by atoms with van der Waals surface area (Å²) in [5.41, 5.74) is 1.25. The van der Waals surface area contributed by atoms with E-state index in [0.29, 0.717) is 30.3 Å². The number of nitrogens with zero attached hydrogens (tertiary/aromatic N) is 1. The number of fused-ring (bicyclic) bond motifs is 1. The van der Waals surface area contributed by atoms with Gasteiger partial charge in [0.1, 0.15) is 6.23 Å². The number of rotatable bonds is 5. The quantitative estimate of drug-likeness (QED) is 0.746. The molecule has 1 aromatic rings. The minimum atomic E-state index is -3.54. The summed E-state index contributed by atoms with van der Waals surface area (Å²) in [5.74, 6) is 0.562. The fourth-order valence-corrected chi connectivity index (χ4v) is 6.39. The van der Waals surface area contributed by atoms with Crippen LogP contribution < -0.4 is 5.32 Å². The highest BCUT2D eigenvalue weighted by Crippen LogP contribution is 2.36. The maximum atomic E-state index is 13.2. The molecule has 4 rings (SSSR count). The van der Waals surface area contributed by atoms with Crippen molar-refractivity contribution < 1.29 is 17.9 Å². The van der Waals surface area contributed by atoms with Gasteiger partial charge in [0.05, 0.1) is 11.0 Å². The highest BCUT2D eigenvalue weighted by Gasteiger charge is 2.42. The molecule has 29 heavy (non-hydrogen) atoms. The van der Waals surface area contributed by atoms with E-state index in [0.717, 1.165) is 6.42 Å². The van der Waals surface area contributed by atoms with Gasteiger partial charge in [0.2, 0.25) is 15.9 Å². The lowest BCUT2D eigenvalue weighted by atomic mass is 9.84. The first kappa shape index (κ1) is 20.6. The Hall–Kier alpha value is -1.70. The Kier molecular flexibility index (Phi) is 6.08. The lowest BCUT2D eigenvalue weighted by Gasteiger charge is -2.33. The second-order valence-corrected chi connectivity index (χ2v) is 10.4. The molecule has 1 amide bonds. The van der Waals surface area contributed by atoms with Crippen molar-refractivity contribution in [3.8, 4) is 0 Å². The zero-order valence-corrected chi connectivity index (χ0v) is 17.6. The summed E-state index contributed by atoms with van der Waals surface area (Å²) in [6, 6.07) is 7.49. The second-order valence-electron chi connectivity index (χ2n) is 8.43. The highest BCUT2D eigenvalue weighted by molar-refractivity contribution is 7.89. The topological polar surface area (TPSA) is 75.7 Å². The summed E-state index contributed by atoms with van der Waals surface area (Å²) in [4.78, 5) is 11.9. The Bertz CT molecular complexity index is 846. The average molecular weight is 419 g/mol. The second kappa shape index (κ2) is 8.58. The molecule has 3 unspecified atom stereocenters. The number of sulfonamides is 1. The predicted molar refractivity (Wildman–Crippen MR) is 111 cm³/mol. The van der Waals surface area contributed by atoms with Crippen molar-refractivity contribution in [3.05, 3.63) is 42.5 Å². The summed E-state index contributed by atoms with van der Waals surface area (Å²) in [6.45, 7) is 4.27. The minimum Gasteiger partial charge on any atom is -0.354 e. The first-order valence-electron chi connectivity index (χ1n) is 10.7. The zero-order chi connectivity index (χ0) is 20.4. The van der Waals surface area contributed by atoms with Crippen LogP contribution in [0.25, 0.3) is 0 Å². The Morgan fingerprint density at radius 1 is 1.14 bits per heavy atom. The highest BCUT2D eigenvalue weighted by atomic mass is 32.2. The number of amides is 1. The van der Waals surface area contributed by atoms with Crippen molar-refractivity contribution in [2.75, 3.05) is 13.1 Å². The molecule has 2 saturated heterocycles. The molecule has 1 N–H and O–H groups in total. The van der Waals surface area contributed by atoms with Gasteiger partial charge in [0.25, 0.3) is 0 Å². The fraction of sp³-hybridized carbons (Fsp3) is 0.591. The van der Waals surface area contributed by atoms with Crippen LogP contribution in [-0.2, 0) is 19.6 Å². The lowest BCUT2D eigenvalue weighted by Crippen LogP contribution is -2.45. The van der Waals surface area contributed by atoms with Crippen LogP contribution >= 0.6 is 0 Å². The number of piperidine rings is 1. The van der Waals surface area contributed by atoms with Crippen molar-refractivity contribution in [3.63, 3.8) is 0 Å². The molecular formula is C22H30N2O4S. The fourth-order valence-electron chi connectivity index (χ4n) is 4.93. The molecule has 0 bridgehead atoms. The molecule has 0 spiro atoms. The lowest BCUT2D eigenvalue weighted by molar-refractivity contribution is -0.120. The van der Waals surface area contributed by atoms with Gasteiger partial charge in [-0.3, -0.25) is 4.79 Å². The summed E-state index contributed by atoms with van der Waals surface area (Å²) in [6.07, 6.45) is 8.34. The minimum absolute atomic E-state index is 0.185. The molecule has 1 aromatic carbocycles. The van der Waals surface area contributed by atoms with E-state index in [2.05, 4.69) is 11.9 Å². The first-order chi connectivity index (χ1) is 14.0.